The van der Waals surface area contributed by atoms with E-state index in [1.54, 1.807) is 6.07 Å². The zero-order valence-corrected chi connectivity index (χ0v) is 24.0. The van der Waals surface area contributed by atoms with E-state index in [1.807, 2.05) is 12.1 Å². The van der Waals surface area contributed by atoms with Crippen molar-refractivity contribution in [3.05, 3.63) is 47.8 Å². The first-order chi connectivity index (χ1) is 17.6. The van der Waals surface area contributed by atoms with Crippen molar-refractivity contribution in [2.24, 2.45) is 0 Å². The SMILES string of the molecule is C=S(C)(=O)[O-].CS(=O)(=O)[O-].Cc1c2cc[n+](CCN3CCCCC3)cc2c(C)c2c1[nH]c1ccc(O)cc12. The average molecular weight is 563 g/mol. The topological polar surface area (TPSA) is 140 Å². The molecule has 1 fully saturated rings. The van der Waals surface area contributed by atoms with Gasteiger partial charge in [0.15, 0.2) is 18.9 Å². The summed E-state index contributed by atoms with van der Waals surface area (Å²) in [4.78, 5) is 6.15. The maximum Gasteiger partial charge on any atom is 0.176 e. The Balaban J connectivity index is 0.000000344. The van der Waals surface area contributed by atoms with Gasteiger partial charge in [-0.1, -0.05) is 12.3 Å². The zero-order chi connectivity index (χ0) is 28.3. The zero-order valence-electron chi connectivity index (χ0n) is 22.3. The average Bonchev–Trinajstić information content (AvgIpc) is 3.19. The van der Waals surface area contributed by atoms with Gasteiger partial charge in [0.25, 0.3) is 0 Å². The van der Waals surface area contributed by atoms with E-state index in [9.17, 15) is 13.9 Å². The highest BCUT2D eigenvalue weighted by atomic mass is 32.2. The van der Waals surface area contributed by atoms with Crippen molar-refractivity contribution in [1.29, 1.82) is 0 Å². The van der Waals surface area contributed by atoms with E-state index in [4.69, 9.17) is 13.0 Å². The van der Waals surface area contributed by atoms with Crippen molar-refractivity contribution in [2.75, 3.05) is 32.1 Å². The molecule has 208 valence electrons. The molecule has 9 nitrogen and oxygen atoms in total. The molecule has 1 unspecified atom stereocenters. The lowest BCUT2D eigenvalue weighted by molar-refractivity contribution is -0.695. The second kappa shape index (κ2) is 12.0. The number of aromatic hydroxyl groups is 1. The molecule has 0 saturated carbocycles. The number of aryl methyl sites for hydroxylation is 2. The van der Waals surface area contributed by atoms with Crippen molar-refractivity contribution in [3.8, 4) is 5.75 Å². The summed E-state index contributed by atoms with van der Waals surface area (Å²) in [6.07, 6.45) is 10.2. The summed E-state index contributed by atoms with van der Waals surface area (Å²) in [7, 11) is -6.83. The minimum Gasteiger partial charge on any atom is -0.778 e. The van der Waals surface area contributed by atoms with Crippen LogP contribution in [-0.2, 0) is 26.5 Å². The lowest BCUT2D eigenvalue weighted by atomic mass is 9.97. The van der Waals surface area contributed by atoms with E-state index in [0.717, 1.165) is 30.2 Å². The third-order valence-corrected chi connectivity index (χ3v) is 6.48. The molecule has 0 aliphatic carbocycles. The largest absolute Gasteiger partial charge is 0.778 e. The van der Waals surface area contributed by atoms with Crippen molar-refractivity contribution in [1.82, 2.24) is 9.88 Å². The third-order valence-electron chi connectivity index (χ3n) is 6.48. The number of phenols is 1. The van der Waals surface area contributed by atoms with Crippen molar-refractivity contribution >= 4 is 58.4 Å². The Morgan fingerprint density at radius 3 is 2.21 bits per heavy atom. The predicted octanol–water partition coefficient (Wildman–Crippen LogP) is 3.19. The first kappa shape index (κ1) is 29.9. The fourth-order valence-corrected chi connectivity index (χ4v) is 4.86. The fourth-order valence-electron chi connectivity index (χ4n) is 4.86. The maximum absolute atomic E-state index is 10.00. The summed E-state index contributed by atoms with van der Waals surface area (Å²) < 4.78 is 48.6. The smallest absolute Gasteiger partial charge is 0.176 e. The highest BCUT2D eigenvalue weighted by molar-refractivity contribution is 7.94. The molecule has 1 aliphatic heterocycles. The van der Waals surface area contributed by atoms with Crippen LogP contribution < -0.4 is 4.57 Å². The number of piperidine rings is 1. The van der Waals surface area contributed by atoms with Gasteiger partial charge in [-0.2, -0.15) is 0 Å². The molecular formula is C27H36N3O6S2-. The Morgan fingerprint density at radius 2 is 1.61 bits per heavy atom. The van der Waals surface area contributed by atoms with Gasteiger partial charge in [-0.05, 0) is 80.7 Å². The molecule has 0 spiro atoms. The van der Waals surface area contributed by atoms with Crippen LogP contribution in [0.15, 0.2) is 36.7 Å². The van der Waals surface area contributed by atoms with Crippen LogP contribution in [0.3, 0.4) is 0 Å². The molecule has 3 heterocycles. The van der Waals surface area contributed by atoms with Gasteiger partial charge in [-0.3, -0.25) is 9.11 Å². The lowest BCUT2D eigenvalue weighted by Crippen LogP contribution is -2.41. The Kier molecular flexibility index (Phi) is 9.43. The number of nitrogens with one attached hydrogen (secondary N) is 1. The number of hydrogen-bond donors (Lipinski definition) is 2. The Bertz CT molecular complexity index is 1610. The molecule has 0 radical (unpaired) electrons. The number of aromatic nitrogens is 2. The third kappa shape index (κ3) is 8.40. The summed E-state index contributed by atoms with van der Waals surface area (Å²) in [6, 6.07) is 7.85. The molecule has 2 aromatic carbocycles. The summed E-state index contributed by atoms with van der Waals surface area (Å²) in [5.74, 6) is 3.06. The first-order valence-electron chi connectivity index (χ1n) is 12.3. The number of aromatic amines is 1. The molecule has 38 heavy (non-hydrogen) atoms. The molecule has 1 saturated heterocycles. The summed E-state index contributed by atoms with van der Waals surface area (Å²) in [5, 5.41) is 14.9. The van der Waals surface area contributed by atoms with E-state index in [0.29, 0.717) is 12.0 Å². The minimum absolute atomic E-state index is 0.315. The molecule has 0 amide bonds. The Labute approximate surface area is 224 Å². The number of benzene rings is 2. The van der Waals surface area contributed by atoms with E-state index in [2.05, 4.69) is 52.6 Å². The monoisotopic (exact) mass is 562 g/mol. The van der Waals surface area contributed by atoms with Crippen LogP contribution in [0.2, 0.25) is 0 Å². The highest BCUT2D eigenvalue weighted by Crippen LogP contribution is 2.37. The van der Waals surface area contributed by atoms with Crippen molar-refractivity contribution < 1.29 is 31.4 Å². The molecule has 5 rings (SSSR count). The molecule has 4 aromatic rings. The van der Waals surface area contributed by atoms with Gasteiger partial charge >= 0.3 is 0 Å². The highest BCUT2D eigenvalue weighted by Gasteiger charge is 2.17. The van der Waals surface area contributed by atoms with E-state index in [1.165, 1.54) is 65.2 Å². The van der Waals surface area contributed by atoms with Crippen LogP contribution in [0.1, 0.15) is 30.4 Å². The Hall–Kier alpha value is -2.70. The molecular weight excluding hydrogens is 526 g/mol. The standard InChI is InChI=1S/C24H27N3O.C2H6O2S.CH4O3S/c1-16-21-15-27(13-12-26-9-4-3-5-10-26)11-8-19(21)17(2)24-23(16)20-14-18(28)6-7-22(20)25-24;2*1-5(2,3)4/h6-8,11,14-15,28H,3-5,9-10,12-13H2,1-2H3;1H2,2H3,(H,3,4);1H3,(H,2,3,4)/p-1. The van der Waals surface area contributed by atoms with Gasteiger partial charge in [0.2, 0.25) is 0 Å². The molecule has 2 aromatic heterocycles. The number of rotatable bonds is 3. The molecule has 0 bridgehead atoms. The lowest BCUT2D eigenvalue weighted by Gasteiger charge is -2.24. The second-order valence-corrected chi connectivity index (χ2v) is 13.2. The van der Waals surface area contributed by atoms with E-state index >= 15 is 0 Å². The number of likely N-dealkylation sites (tertiary alicyclic amines) is 1. The van der Waals surface area contributed by atoms with Crippen LogP contribution in [0.4, 0.5) is 0 Å². The maximum atomic E-state index is 10.00. The Morgan fingerprint density at radius 1 is 1.00 bits per heavy atom. The number of fused-ring (bicyclic) bond motifs is 4. The van der Waals surface area contributed by atoms with Gasteiger partial charge < -0.3 is 19.2 Å². The summed E-state index contributed by atoms with van der Waals surface area (Å²) >= 11 is 0. The first-order valence-corrected chi connectivity index (χ1v) is 16.2. The molecule has 1 aliphatic rings. The number of nitrogens with zero attached hydrogens (tertiary/aromatic N) is 2. The summed E-state index contributed by atoms with van der Waals surface area (Å²) in [6.45, 7) is 9.03. The predicted molar refractivity (Wildman–Crippen MR) is 153 cm³/mol. The minimum atomic E-state index is -3.92. The normalized spacial score (nSPS) is 15.9. The molecule has 11 heteroatoms. The van der Waals surface area contributed by atoms with Gasteiger partial charge in [0.1, 0.15) is 5.75 Å². The van der Waals surface area contributed by atoms with Crippen LogP contribution in [-0.4, -0.2) is 74.7 Å². The van der Waals surface area contributed by atoms with Gasteiger partial charge in [-0.15, -0.1) is 9.80 Å². The van der Waals surface area contributed by atoms with Crippen molar-refractivity contribution in [2.45, 2.75) is 39.7 Å². The number of pyridine rings is 1. The second-order valence-electron chi connectivity index (χ2n) is 9.90. The molecule has 2 N–H and O–H groups in total. The quantitative estimate of drug-likeness (QED) is 0.222. The number of phenolic OH excluding ortho intramolecular Hbond substituents is 1. The van der Waals surface area contributed by atoms with Crippen LogP contribution in [0.5, 0.6) is 5.75 Å². The molecule has 1 atom stereocenters. The van der Waals surface area contributed by atoms with Gasteiger partial charge in [0.05, 0.1) is 22.2 Å². The van der Waals surface area contributed by atoms with E-state index < -0.39 is 19.9 Å². The van der Waals surface area contributed by atoms with Crippen LogP contribution >= 0.6 is 0 Å². The van der Waals surface area contributed by atoms with Crippen LogP contribution in [0, 0.1) is 13.8 Å². The van der Waals surface area contributed by atoms with E-state index in [-0.39, 0.29) is 0 Å². The van der Waals surface area contributed by atoms with Crippen molar-refractivity contribution in [3.63, 3.8) is 0 Å². The summed E-state index contributed by atoms with van der Waals surface area (Å²) in [5.41, 5.74) is 4.80. The number of H-pyrrole nitrogens is 1. The van der Waals surface area contributed by atoms with Crippen LogP contribution in [0.25, 0.3) is 32.6 Å². The number of hydrogen-bond acceptors (Lipinski definition) is 7. The van der Waals surface area contributed by atoms with Gasteiger partial charge in [0, 0.05) is 34.0 Å². The van der Waals surface area contributed by atoms with Gasteiger partial charge in [-0.25, -0.2) is 13.0 Å². The fraction of sp³-hybridized carbons (Fsp3) is 0.407.